The van der Waals surface area contributed by atoms with E-state index in [-0.39, 0.29) is 24.6 Å². The van der Waals surface area contributed by atoms with E-state index in [4.69, 9.17) is 15.9 Å². The topological polar surface area (TPSA) is 72.8 Å². The van der Waals surface area contributed by atoms with Gasteiger partial charge in [0.05, 0.1) is 0 Å². The third-order valence-corrected chi connectivity index (χ3v) is 4.89. The number of aryl methyl sites for hydroxylation is 1. The number of allylic oxidation sites excluding steroid dienone is 2. The second-order valence-corrected chi connectivity index (χ2v) is 6.44. The Bertz CT molecular complexity index is 797. The molecule has 0 bridgehead atoms. The Labute approximate surface area is 151 Å². The molecule has 130 valence electrons. The van der Waals surface area contributed by atoms with Crippen LogP contribution < -0.4 is 0 Å². The number of hydrogen-bond acceptors (Lipinski definition) is 6. The maximum Gasteiger partial charge on any atom is 0.321 e. The van der Waals surface area contributed by atoms with Gasteiger partial charge in [-0.25, -0.2) is 0 Å². The van der Waals surface area contributed by atoms with Gasteiger partial charge in [0.15, 0.2) is 12.1 Å². The molecule has 2 aliphatic rings. The highest BCUT2D eigenvalue weighted by atomic mass is 32.1. The van der Waals surface area contributed by atoms with Crippen molar-refractivity contribution < 1.29 is 24.2 Å². The van der Waals surface area contributed by atoms with Crippen molar-refractivity contribution in [1.82, 2.24) is 0 Å². The maximum absolute atomic E-state index is 13.2. The van der Waals surface area contributed by atoms with Crippen molar-refractivity contribution in [3.63, 3.8) is 0 Å². The zero-order valence-corrected chi connectivity index (χ0v) is 14.6. The minimum absolute atomic E-state index is 0.0898. The zero-order valence-electron chi connectivity index (χ0n) is 13.7. The summed E-state index contributed by atoms with van der Waals surface area (Å²) in [5.41, 5.74) is 0.879. The van der Waals surface area contributed by atoms with Crippen molar-refractivity contribution in [1.29, 1.82) is 0 Å². The number of fused-ring (bicyclic) bond motifs is 1. The molecule has 1 aromatic carbocycles. The summed E-state index contributed by atoms with van der Waals surface area (Å²) in [5.74, 6) is 1.45. The van der Waals surface area contributed by atoms with Crippen molar-refractivity contribution in [3.05, 3.63) is 46.5 Å². The predicted octanol–water partition coefficient (Wildman–Crippen LogP) is 2.64. The first-order valence-corrected chi connectivity index (χ1v) is 8.50. The SMILES string of the molecule is C#CC1OC(O)c2cc(C(=O)C3(C(=O)OCS)CC=CC3)c(C)cc21. The van der Waals surface area contributed by atoms with Crippen LogP contribution in [0.2, 0.25) is 0 Å². The Balaban J connectivity index is 2.04. The molecular weight excluding hydrogens is 340 g/mol. The number of aliphatic hydroxyl groups excluding tert-OH is 1. The van der Waals surface area contributed by atoms with E-state index < -0.39 is 23.8 Å². The molecule has 0 radical (unpaired) electrons. The number of carbonyl (C=O) groups is 2. The largest absolute Gasteiger partial charge is 0.454 e. The summed E-state index contributed by atoms with van der Waals surface area (Å²) < 4.78 is 10.3. The van der Waals surface area contributed by atoms with Gasteiger partial charge >= 0.3 is 5.97 Å². The highest BCUT2D eigenvalue weighted by molar-refractivity contribution is 7.80. The fraction of sp³-hybridized carbons (Fsp3) is 0.368. The lowest BCUT2D eigenvalue weighted by atomic mass is 9.76. The third-order valence-electron chi connectivity index (χ3n) is 4.76. The van der Waals surface area contributed by atoms with Gasteiger partial charge in [-0.3, -0.25) is 9.59 Å². The first-order chi connectivity index (χ1) is 11.9. The van der Waals surface area contributed by atoms with Crippen LogP contribution >= 0.6 is 12.6 Å². The normalized spacial score (nSPS) is 23.1. The molecule has 2 unspecified atom stereocenters. The fourth-order valence-electron chi connectivity index (χ4n) is 3.39. The van der Waals surface area contributed by atoms with E-state index in [0.29, 0.717) is 22.3 Å². The predicted molar refractivity (Wildman–Crippen MR) is 93.9 cm³/mol. The lowest BCUT2D eigenvalue weighted by Gasteiger charge is -2.26. The van der Waals surface area contributed by atoms with Crippen molar-refractivity contribution in [2.45, 2.75) is 32.2 Å². The van der Waals surface area contributed by atoms with Gasteiger partial charge in [-0.1, -0.05) is 24.1 Å². The van der Waals surface area contributed by atoms with Gasteiger partial charge in [-0.05, 0) is 31.4 Å². The minimum atomic E-state index is -1.28. The molecule has 0 saturated carbocycles. The van der Waals surface area contributed by atoms with Crippen LogP contribution in [-0.2, 0) is 14.3 Å². The van der Waals surface area contributed by atoms with Crippen LogP contribution in [0.1, 0.15) is 52.3 Å². The fourth-order valence-corrected chi connectivity index (χ4v) is 3.51. The number of ether oxygens (including phenoxy) is 2. The molecule has 3 rings (SSSR count). The molecule has 1 aromatic rings. The molecule has 0 fully saturated rings. The number of thiol groups is 1. The number of aliphatic hydroxyl groups is 1. The third kappa shape index (κ3) is 2.78. The average molecular weight is 358 g/mol. The van der Waals surface area contributed by atoms with Gasteiger partial charge in [-0.2, -0.15) is 0 Å². The van der Waals surface area contributed by atoms with Gasteiger partial charge in [0.1, 0.15) is 17.5 Å². The first-order valence-electron chi connectivity index (χ1n) is 7.86. The highest BCUT2D eigenvalue weighted by Gasteiger charge is 2.48. The molecule has 0 spiro atoms. The molecule has 25 heavy (non-hydrogen) atoms. The van der Waals surface area contributed by atoms with E-state index in [1.807, 2.05) is 0 Å². The van der Waals surface area contributed by atoms with Crippen LogP contribution in [0, 0.1) is 24.7 Å². The van der Waals surface area contributed by atoms with Gasteiger partial charge in [0.2, 0.25) is 0 Å². The molecule has 2 atom stereocenters. The number of terminal acetylenes is 1. The standard InChI is InChI=1S/C19H18O5S/c1-3-15-13-8-11(2)12(9-14(13)17(21)24-15)16(20)19(6-4-5-7-19)18(22)23-10-25/h1,4-5,8-9,15,17,21,25H,6-7,10H2,2H3. The summed E-state index contributed by atoms with van der Waals surface area (Å²) in [6.07, 6.45) is 7.74. The summed E-state index contributed by atoms with van der Waals surface area (Å²) in [6, 6.07) is 3.31. The van der Waals surface area contributed by atoms with Gasteiger partial charge in [-0.15, -0.1) is 19.1 Å². The molecule has 1 aliphatic carbocycles. The van der Waals surface area contributed by atoms with Gasteiger partial charge < -0.3 is 14.6 Å². The van der Waals surface area contributed by atoms with Crippen LogP contribution in [0.3, 0.4) is 0 Å². The van der Waals surface area contributed by atoms with Crippen molar-refractivity contribution in [2.75, 3.05) is 5.94 Å². The van der Waals surface area contributed by atoms with E-state index in [9.17, 15) is 14.7 Å². The summed E-state index contributed by atoms with van der Waals surface area (Å²) in [6.45, 7) is 1.77. The van der Waals surface area contributed by atoms with Crippen molar-refractivity contribution in [3.8, 4) is 12.3 Å². The lowest BCUT2D eigenvalue weighted by Crippen LogP contribution is -2.39. The smallest absolute Gasteiger partial charge is 0.321 e. The lowest BCUT2D eigenvalue weighted by molar-refractivity contribution is -0.149. The van der Waals surface area contributed by atoms with E-state index in [2.05, 4.69) is 18.5 Å². The summed E-state index contributed by atoms with van der Waals surface area (Å²) in [4.78, 5) is 25.7. The number of Topliss-reactive ketones (excluding diaryl/α,β-unsaturated/α-hetero) is 1. The molecule has 5 nitrogen and oxygen atoms in total. The molecule has 1 heterocycles. The first kappa shape index (κ1) is 17.7. The second kappa shape index (κ2) is 6.68. The van der Waals surface area contributed by atoms with Crippen LogP contribution in [-0.4, -0.2) is 22.8 Å². The summed E-state index contributed by atoms with van der Waals surface area (Å²) in [5, 5.41) is 10.1. The van der Waals surface area contributed by atoms with Crippen molar-refractivity contribution in [2.24, 2.45) is 5.41 Å². The Kier molecular flexibility index (Phi) is 4.74. The summed E-state index contributed by atoms with van der Waals surface area (Å²) >= 11 is 3.91. The minimum Gasteiger partial charge on any atom is -0.454 e. The number of ketones is 1. The number of rotatable bonds is 4. The molecule has 0 amide bonds. The molecule has 1 N–H and O–H groups in total. The van der Waals surface area contributed by atoms with Crippen molar-refractivity contribution >= 4 is 24.4 Å². The van der Waals surface area contributed by atoms with Crippen LogP contribution in [0.15, 0.2) is 24.3 Å². The molecule has 6 heteroatoms. The Hall–Kier alpha value is -2.07. The highest BCUT2D eigenvalue weighted by Crippen LogP contribution is 2.42. The monoisotopic (exact) mass is 358 g/mol. The zero-order chi connectivity index (χ0) is 18.2. The number of benzene rings is 1. The average Bonchev–Trinajstić information content (AvgIpc) is 3.20. The van der Waals surface area contributed by atoms with E-state index in [1.54, 1.807) is 31.2 Å². The molecule has 0 aromatic heterocycles. The number of esters is 1. The molecule has 0 saturated heterocycles. The number of carbonyl (C=O) groups excluding carboxylic acids is 2. The molecular formula is C19H18O5S. The molecule has 1 aliphatic heterocycles. The number of hydrogen-bond donors (Lipinski definition) is 2. The van der Waals surface area contributed by atoms with Gasteiger partial charge in [0, 0.05) is 16.7 Å². The Morgan fingerprint density at radius 2 is 2.08 bits per heavy atom. The Morgan fingerprint density at radius 1 is 1.40 bits per heavy atom. The van der Waals surface area contributed by atoms with Crippen LogP contribution in [0.4, 0.5) is 0 Å². The summed E-state index contributed by atoms with van der Waals surface area (Å²) in [7, 11) is 0. The Morgan fingerprint density at radius 3 is 2.68 bits per heavy atom. The van der Waals surface area contributed by atoms with E-state index in [1.165, 1.54) is 0 Å². The maximum atomic E-state index is 13.2. The second-order valence-electron chi connectivity index (χ2n) is 6.18. The van der Waals surface area contributed by atoms with E-state index >= 15 is 0 Å². The quantitative estimate of drug-likeness (QED) is 0.165. The van der Waals surface area contributed by atoms with Crippen LogP contribution in [0.25, 0.3) is 0 Å². The van der Waals surface area contributed by atoms with E-state index in [0.717, 1.165) is 0 Å². The van der Waals surface area contributed by atoms with Gasteiger partial charge in [0.25, 0.3) is 0 Å². The van der Waals surface area contributed by atoms with Crippen LogP contribution in [0.5, 0.6) is 0 Å².